The number of carbonyl (C=O) groups is 3. The molecule has 186 valence electrons. The van der Waals surface area contributed by atoms with Gasteiger partial charge >= 0.3 is 19.6 Å². The first kappa shape index (κ1) is 28.9. The fourth-order valence-electron chi connectivity index (χ4n) is 3.36. The number of nitrogens with zero attached hydrogens (tertiary/aromatic N) is 1. The Morgan fingerprint density at radius 2 is 1.76 bits per heavy atom. The average Bonchev–Trinajstić information content (AvgIpc) is 2.68. The molecule has 11 nitrogen and oxygen atoms in total. The van der Waals surface area contributed by atoms with Gasteiger partial charge in [-0.3, -0.25) is 13.6 Å². The van der Waals surface area contributed by atoms with Crippen LogP contribution in [0.2, 0.25) is 0 Å². The van der Waals surface area contributed by atoms with E-state index in [1.807, 2.05) is 13.8 Å². The fourth-order valence-corrected chi connectivity index (χ4v) is 5.82. The van der Waals surface area contributed by atoms with Crippen molar-refractivity contribution in [1.82, 2.24) is 10.2 Å². The highest BCUT2D eigenvalue weighted by Crippen LogP contribution is 2.44. The Hall–Kier alpha value is -2.11. The smallest absolute Gasteiger partial charge is 0.341 e. The van der Waals surface area contributed by atoms with Crippen LogP contribution in [0.1, 0.15) is 32.3 Å². The molecule has 0 saturated heterocycles. The molecule has 0 bridgehead atoms. The van der Waals surface area contributed by atoms with Crippen LogP contribution < -0.4 is 11.1 Å². The number of rotatable bonds is 13. The van der Waals surface area contributed by atoms with Gasteiger partial charge in [0.05, 0.1) is 6.04 Å². The normalized spacial score (nSPS) is 15.5. The molecule has 4 atom stereocenters. The first-order valence-corrected chi connectivity index (χ1v) is 13.6. The quantitative estimate of drug-likeness (QED) is 0.242. The van der Waals surface area contributed by atoms with Gasteiger partial charge in [0.25, 0.3) is 0 Å². The molecule has 13 heteroatoms. The van der Waals surface area contributed by atoms with Gasteiger partial charge < -0.3 is 25.9 Å². The molecule has 0 heterocycles. The van der Waals surface area contributed by atoms with E-state index < -0.39 is 53.4 Å². The van der Waals surface area contributed by atoms with Crippen LogP contribution in [0.25, 0.3) is 0 Å². The number of hydrogen-bond acceptors (Lipinski definition) is 6. The number of nitrogens with one attached hydrogen (secondary N) is 1. The molecule has 0 aromatic heterocycles. The third-order valence-electron chi connectivity index (χ3n) is 4.89. The monoisotopic (exact) mass is 505 g/mol. The van der Waals surface area contributed by atoms with Gasteiger partial charge in [-0.25, -0.2) is 14.5 Å². The summed E-state index contributed by atoms with van der Waals surface area (Å²) in [5.74, 6) is -2.31. The molecule has 1 aromatic carbocycles. The van der Waals surface area contributed by atoms with Crippen LogP contribution in [-0.2, 0) is 31.4 Å². The maximum Gasteiger partial charge on any atom is 0.341 e. The number of primary amides is 1. The Morgan fingerprint density at radius 1 is 1.18 bits per heavy atom. The van der Waals surface area contributed by atoms with Crippen LogP contribution >= 0.6 is 7.60 Å². The zero-order valence-corrected chi connectivity index (χ0v) is 20.5. The first-order chi connectivity index (χ1) is 15.3. The molecule has 0 saturated carbocycles. The Labute approximate surface area is 195 Å². The maximum absolute atomic E-state index is 13.2. The summed E-state index contributed by atoms with van der Waals surface area (Å²) in [5.41, 5.74) is 5.99. The zero-order chi connectivity index (χ0) is 25.3. The molecular formula is C20H32N3O8PS. The van der Waals surface area contributed by atoms with E-state index in [9.17, 15) is 38.1 Å². The van der Waals surface area contributed by atoms with Gasteiger partial charge in [-0.1, -0.05) is 44.2 Å². The predicted octanol–water partition coefficient (Wildman–Crippen LogP) is 0.866. The van der Waals surface area contributed by atoms with E-state index in [-0.39, 0.29) is 31.7 Å². The lowest BCUT2D eigenvalue weighted by Crippen LogP contribution is -2.58. The van der Waals surface area contributed by atoms with Gasteiger partial charge in [-0.15, -0.1) is 0 Å². The largest absolute Gasteiger partial charge is 0.480 e. The number of nitrogens with two attached hydrogens (primary N) is 1. The minimum Gasteiger partial charge on any atom is -0.480 e. The van der Waals surface area contributed by atoms with Crippen LogP contribution in [0, 0.1) is 5.92 Å². The van der Waals surface area contributed by atoms with E-state index in [4.69, 9.17) is 5.73 Å². The van der Waals surface area contributed by atoms with Crippen molar-refractivity contribution in [2.24, 2.45) is 11.7 Å². The number of urea groups is 1. The summed E-state index contributed by atoms with van der Waals surface area (Å²) in [5, 5.41) is 12.6. The lowest BCUT2D eigenvalue weighted by atomic mass is 10.00. The van der Waals surface area contributed by atoms with E-state index in [1.54, 1.807) is 30.3 Å². The summed E-state index contributed by atoms with van der Waals surface area (Å²) < 4.78 is 23.3. The van der Waals surface area contributed by atoms with Gasteiger partial charge in [0.2, 0.25) is 5.91 Å². The summed E-state index contributed by atoms with van der Waals surface area (Å²) in [4.78, 5) is 55.2. The Morgan fingerprint density at radius 3 is 2.18 bits per heavy atom. The molecule has 33 heavy (non-hydrogen) atoms. The van der Waals surface area contributed by atoms with E-state index in [1.165, 1.54) is 6.26 Å². The topological polar surface area (TPSA) is 187 Å². The minimum absolute atomic E-state index is 0.0449. The SMILES string of the molecule is CC(C)C[C@H](NCCC(S(C)=O)P(=O)(O)O)C(=O)N(C(N)=O)[C@@H](Cc1ccccc1)C(=O)O. The Balaban J connectivity index is 3.12. The number of hydrogen-bond donors (Lipinski definition) is 5. The summed E-state index contributed by atoms with van der Waals surface area (Å²) in [6.07, 6.45) is 1.04. The number of aliphatic carboxylic acids is 1. The second-order valence-electron chi connectivity index (χ2n) is 8.06. The Bertz CT molecular complexity index is 893. The highest BCUT2D eigenvalue weighted by atomic mass is 32.2. The van der Waals surface area contributed by atoms with E-state index in [0.717, 1.165) is 0 Å². The minimum atomic E-state index is -4.63. The van der Waals surface area contributed by atoms with Crippen molar-refractivity contribution in [3.05, 3.63) is 35.9 Å². The van der Waals surface area contributed by atoms with Crippen LogP contribution in [-0.4, -0.2) is 71.8 Å². The van der Waals surface area contributed by atoms with Crippen LogP contribution in [0.4, 0.5) is 4.79 Å². The third-order valence-corrected chi connectivity index (χ3v) is 8.61. The zero-order valence-electron chi connectivity index (χ0n) is 18.8. The van der Waals surface area contributed by atoms with Crippen molar-refractivity contribution in [2.45, 2.75) is 50.2 Å². The maximum atomic E-state index is 13.2. The number of carboxylic acid groups (broad SMARTS) is 1. The number of amides is 3. The number of benzene rings is 1. The molecule has 0 aliphatic heterocycles. The molecule has 0 fully saturated rings. The summed E-state index contributed by atoms with van der Waals surface area (Å²) in [6.45, 7) is 3.53. The van der Waals surface area contributed by atoms with Gasteiger partial charge in [-0.05, 0) is 30.9 Å². The van der Waals surface area contributed by atoms with Crippen molar-refractivity contribution in [3.63, 3.8) is 0 Å². The second-order valence-corrected chi connectivity index (χ2v) is 11.8. The highest BCUT2D eigenvalue weighted by Gasteiger charge is 2.38. The van der Waals surface area contributed by atoms with Crippen molar-refractivity contribution in [1.29, 1.82) is 0 Å². The number of carbonyl (C=O) groups excluding carboxylic acids is 2. The summed E-state index contributed by atoms with van der Waals surface area (Å²) in [7, 11) is -6.44. The summed E-state index contributed by atoms with van der Waals surface area (Å²) >= 11 is 0. The molecule has 0 aliphatic carbocycles. The molecule has 1 aromatic rings. The molecule has 3 amide bonds. The highest BCUT2D eigenvalue weighted by molar-refractivity contribution is 7.92. The van der Waals surface area contributed by atoms with Gasteiger partial charge in [0, 0.05) is 23.5 Å². The van der Waals surface area contributed by atoms with Gasteiger partial charge in [0.15, 0.2) is 0 Å². The molecule has 0 aliphatic rings. The van der Waals surface area contributed by atoms with Crippen molar-refractivity contribution in [2.75, 3.05) is 12.8 Å². The second kappa shape index (κ2) is 13.0. The Kier molecular flexibility index (Phi) is 11.4. The van der Waals surface area contributed by atoms with E-state index in [2.05, 4.69) is 5.32 Å². The molecular weight excluding hydrogens is 473 g/mol. The average molecular weight is 506 g/mol. The predicted molar refractivity (Wildman–Crippen MR) is 124 cm³/mol. The molecule has 6 N–H and O–H groups in total. The number of imide groups is 1. The lowest BCUT2D eigenvalue weighted by Gasteiger charge is -2.30. The first-order valence-electron chi connectivity index (χ1n) is 10.3. The molecule has 0 spiro atoms. The van der Waals surface area contributed by atoms with Crippen LogP contribution in [0.15, 0.2) is 30.3 Å². The molecule has 1 rings (SSSR count). The summed E-state index contributed by atoms with van der Waals surface area (Å²) in [6, 6.07) is 4.66. The van der Waals surface area contributed by atoms with Crippen molar-refractivity contribution < 1.29 is 38.1 Å². The third kappa shape index (κ3) is 9.34. The van der Waals surface area contributed by atoms with E-state index in [0.29, 0.717) is 10.5 Å². The number of carboxylic acids is 1. The molecule has 0 radical (unpaired) electrons. The van der Waals surface area contributed by atoms with Crippen LogP contribution in [0.5, 0.6) is 0 Å². The fraction of sp³-hybridized carbons (Fsp3) is 0.550. The van der Waals surface area contributed by atoms with Crippen molar-refractivity contribution >= 4 is 36.3 Å². The van der Waals surface area contributed by atoms with Gasteiger partial charge in [0.1, 0.15) is 11.0 Å². The van der Waals surface area contributed by atoms with Crippen LogP contribution in [0.3, 0.4) is 0 Å². The standard InChI is InChI=1S/C20H32N3O8PS/c1-13(2)11-15(22-10-9-17(33(3)31)32(28,29)30)18(24)23(20(21)27)16(19(25)26)12-14-7-5-4-6-8-14/h4-8,13,15-17,22H,9-12H2,1-3H3,(H2,21,27)(H,25,26)(H2,28,29,30)/t15-,16-,17?,33?/m0/s1. The van der Waals surface area contributed by atoms with Gasteiger partial charge in [-0.2, -0.15) is 0 Å². The lowest BCUT2D eigenvalue weighted by molar-refractivity contribution is -0.148. The van der Waals surface area contributed by atoms with Crippen molar-refractivity contribution in [3.8, 4) is 0 Å². The van der Waals surface area contributed by atoms with E-state index >= 15 is 0 Å². The molecule has 2 unspecified atom stereocenters.